The summed E-state index contributed by atoms with van der Waals surface area (Å²) in [6, 6.07) is 4.55. The summed E-state index contributed by atoms with van der Waals surface area (Å²) in [5, 5.41) is 8.42. The molecule has 0 aliphatic carbocycles. The number of nitrogens with zero attached hydrogens (tertiary/aromatic N) is 1. The molecular weight excluding hydrogens is 532 g/mol. The molecule has 4 rings (SSSR count). The predicted molar refractivity (Wildman–Crippen MR) is 148 cm³/mol. The Labute approximate surface area is 240 Å². The van der Waals surface area contributed by atoms with Crippen LogP contribution in [0.3, 0.4) is 0 Å². The minimum absolute atomic E-state index is 0.142. The molecule has 3 aliphatic heterocycles. The number of ether oxygens (including phenoxy) is 4. The largest absolute Gasteiger partial charge is 0.497 e. The Kier molecular flexibility index (Phi) is 10.7. The first-order chi connectivity index (χ1) is 19.7. The molecule has 12 heteroatoms. The number of hydrogen-bond donors (Lipinski definition) is 3. The summed E-state index contributed by atoms with van der Waals surface area (Å²) in [6.45, 7) is 7.35. The topological polar surface area (TPSA) is 148 Å². The van der Waals surface area contributed by atoms with Crippen molar-refractivity contribution in [1.82, 2.24) is 20.9 Å². The van der Waals surface area contributed by atoms with Gasteiger partial charge in [-0.3, -0.25) is 24.1 Å². The highest BCUT2D eigenvalue weighted by Crippen LogP contribution is 2.31. The minimum atomic E-state index is -0.988. The number of carbonyl (C=O) groups is 4. The lowest BCUT2D eigenvalue weighted by Gasteiger charge is -2.27. The number of hydrogen-bond acceptors (Lipinski definition) is 9. The van der Waals surface area contributed by atoms with Gasteiger partial charge < -0.3 is 34.9 Å². The fraction of sp³-hybridized carbons (Fsp3) is 0.655. The standard InChI is InChI=1S/C29H42N4O8/c1-19(30-25(34)16-33-9-12-39-13-10-33)27(36)32-24(14-20-4-6-22(38-3)7-5-20)28(37)31-23(15-21-8-11-40-17-21)26(35)29(2)18-41-29/h4-7,19,21,23-24H,8-18H2,1-3H3,(H,30,34)(H,31,37)(H,32,36)/t19-,21+,23-,24-,29+/m0/s1. The first kappa shape index (κ1) is 30.9. The van der Waals surface area contributed by atoms with Crippen LogP contribution in [0, 0.1) is 5.92 Å². The average Bonchev–Trinajstić information content (AvgIpc) is 3.51. The lowest BCUT2D eigenvalue weighted by molar-refractivity contribution is -0.134. The molecule has 3 aliphatic rings. The van der Waals surface area contributed by atoms with Crippen molar-refractivity contribution in [2.45, 2.75) is 56.8 Å². The first-order valence-electron chi connectivity index (χ1n) is 14.3. The van der Waals surface area contributed by atoms with Crippen LogP contribution < -0.4 is 20.7 Å². The number of carbonyl (C=O) groups excluding carboxylic acids is 4. The number of Topliss-reactive ketones (excluding diaryl/α,β-unsaturated/α-hetero) is 1. The van der Waals surface area contributed by atoms with Crippen molar-refractivity contribution in [3.8, 4) is 5.75 Å². The van der Waals surface area contributed by atoms with Gasteiger partial charge in [0.05, 0.1) is 39.5 Å². The second-order valence-electron chi connectivity index (χ2n) is 11.2. The predicted octanol–water partition coefficient (Wildman–Crippen LogP) is -0.171. The van der Waals surface area contributed by atoms with Crippen molar-refractivity contribution in [1.29, 1.82) is 0 Å². The van der Waals surface area contributed by atoms with E-state index in [0.29, 0.717) is 58.3 Å². The van der Waals surface area contributed by atoms with Gasteiger partial charge in [-0.15, -0.1) is 0 Å². The van der Waals surface area contributed by atoms with E-state index in [1.165, 1.54) is 0 Å². The molecule has 0 aromatic heterocycles. The van der Waals surface area contributed by atoms with Crippen LogP contribution in [-0.2, 0) is 39.8 Å². The molecule has 3 saturated heterocycles. The Morgan fingerprint density at radius 2 is 1.68 bits per heavy atom. The molecule has 1 aromatic rings. The third-order valence-corrected chi connectivity index (χ3v) is 7.80. The minimum Gasteiger partial charge on any atom is -0.497 e. The van der Waals surface area contributed by atoms with Gasteiger partial charge in [-0.25, -0.2) is 0 Å². The quantitative estimate of drug-likeness (QED) is 0.258. The van der Waals surface area contributed by atoms with Crippen LogP contribution in [0.1, 0.15) is 32.3 Å². The summed E-state index contributed by atoms with van der Waals surface area (Å²) in [5.41, 5.74) is -0.120. The van der Waals surface area contributed by atoms with Crippen LogP contribution in [0.25, 0.3) is 0 Å². The number of amides is 3. The Hall–Kier alpha value is -3.06. The molecule has 0 radical (unpaired) electrons. The van der Waals surface area contributed by atoms with E-state index in [9.17, 15) is 19.2 Å². The van der Waals surface area contributed by atoms with Gasteiger partial charge in [-0.1, -0.05) is 12.1 Å². The van der Waals surface area contributed by atoms with Crippen molar-refractivity contribution >= 4 is 23.5 Å². The fourth-order valence-electron chi connectivity index (χ4n) is 5.04. The van der Waals surface area contributed by atoms with E-state index in [2.05, 4.69) is 16.0 Å². The summed E-state index contributed by atoms with van der Waals surface area (Å²) in [4.78, 5) is 54.6. The molecule has 5 atom stereocenters. The van der Waals surface area contributed by atoms with Gasteiger partial charge >= 0.3 is 0 Å². The van der Waals surface area contributed by atoms with Gasteiger partial charge in [-0.2, -0.15) is 0 Å². The maximum atomic E-state index is 13.7. The number of nitrogens with one attached hydrogen (secondary N) is 3. The molecule has 226 valence electrons. The van der Waals surface area contributed by atoms with E-state index >= 15 is 0 Å². The lowest BCUT2D eigenvalue weighted by Crippen LogP contribution is -2.57. The zero-order valence-electron chi connectivity index (χ0n) is 24.1. The molecule has 3 heterocycles. The van der Waals surface area contributed by atoms with E-state index in [-0.39, 0.29) is 30.6 Å². The summed E-state index contributed by atoms with van der Waals surface area (Å²) in [6.07, 6.45) is 1.42. The second kappa shape index (κ2) is 14.2. The molecule has 41 heavy (non-hydrogen) atoms. The van der Waals surface area contributed by atoms with Crippen molar-refractivity contribution < 1.29 is 38.1 Å². The summed E-state index contributed by atoms with van der Waals surface area (Å²) in [7, 11) is 1.57. The molecule has 0 unspecified atom stereocenters. The zero-order valence-corrected chi connectivity index (χ0v) is 24.1. The average molecular weight is 575 g/mol. The number of epoxide rings is 1. The third kappa shape index (κ3) is 8.96. The summed E-state index contributed by atoms with van der Waals surface area (Å²) < 4.78 is 21.4. The highest BCUT2D eigenvalue weighted by molar-refractivity contribution is 5.98. The number of morpholine rings is 1. The fourth-order valence-corrected chi connectivity index (χ4v) is 5.04. The van der Waals surface area contributed by atoms with Gasteiger partial charge in [0.25, 0.3) is 0 Å². The van der Waals surface area contributed by atoms with Crippen LogP contribution in [0.2, 0.25) is 0 Å². The molecule has 3 amide bonds. The van der Waals surface area contributed by atoms with E-state index in [1.807, 2.05) is 17.0 Å². The van der Waals surface area contributed by atoms with Crippen molar-refractivity contribution in [3.63, 3.8) is 0 Å². The van der Waals surface area contributed by atoms with Gasteiger partial charge in [0.2, 0.25) is 17.7 Å². The van der Waals surface area contributed by atoms with Crippen molar-refractivity contribution in [3.05, 3.63) is 29.8 Å². The summed E-state index contributed by atoms with van der Waals surface area (Å²) >= 11 is 0. The van der Waals surface area contributed by atoms with Gasteiger partial charge in [0.15, 0.2) is 5.78 Å². The third-order valence-electron chi connectivity index (χ3n) is 7.80. The first-order valence-corrected chi connectivity index (χ1v) is 14.3. The molecule has 0 bridgehead atoms. The molecule has 0 saturated carbocycles. The Morgan fingerprint density at radius 3 is 2.29 bits per heavy atom. The zero-order chi connectivity index (χ0) is 29.4. The Balaban J connectivity index is 1.43. The van der Waals surface area contributed by atoms with E-state index in [1.54, 1.807) is 33.1 Å². The van der Waals surface area contributed by atoms with E-state index in [4.69, 9.17) is 18.9 Å². The maximum absolute atomic E-state index is 13.7. The van der Waals surface area contributed by atoms with Gasteiger partial charge in [0, 0.05) is 32.7 Å². The second-order valence-corrected chi connectivity index (χ2v) is 11.2. The van der Waals surface area contributed by atoms with E-state index in [0.717, 1.165) is 12.0 Å². The van der Waals surface area contributed by atoms with Crippen LogP contribution >= 0.6 is 0 Å². The molecule has 1 aromatic carbocycles. The van der Waals surface area contributed by atoms with Crippen LogP contribution in [-0.4, -0.2) is 112 Å². The number of rotatable bonds is 14. The molecule has 3 N–H and O–H groups in total. The number of ketones is 1. The molecular formula is C29H42N4O8. The highest BCUT2D eigenvalue weighted by atomic mass is 16.6. The summed E-state index contributed by atoms with van der Waals surface area (Å²) in [5.74, 6) is -0.648. The monoisotopic (exact) mass is 574 g/mol. The van der Waals surface area contributed by atoms with Crippen molar-refractivity contribution in [2.75, 3.05) is 59.8 Å². The van der Waals surface area contributed by atoms with Crippen LogP contribution in [0.4, 0.5) is 0 Å². The maximum Gasteiger partial charge on any atom is 0.243 e. The van der Waals surface area contributed by atoms with Gasteiger partial charge in [-0.05, 0) is 50.3 Å². The Morgan fingerprint density at radius 1 is 1.00 bits per heavy atom. The van der Waals surface area contributed by atoms with Crippen LogP contribution in [0.5, 0.6) is 5.75 Å². The van der Waals surface area contributed by atoms with E-state index < -0.39 is 35.5 Å². The molecule has 3 fully saturated rings. The van der Waals surface area contributed by atoms with Crippen molar-refractivity contribution in [2.24, 2.45) is 5.92 Å². The molecule has 0 spiro atoms. The van der Waals surface area contributed by atoms with Crippen LogP contribution in [0.15, 0.2) is 24.3 Å². The Bertz CT molecular complexity index is 1070. The highest BCUT2D eigenvalue weighted by Gasteiger charge is 2.50. The lowest BCUT2D eigenvalue weighted by atomic mass is 9.91. The normalized spacial score (nSPS) is 24.5. The number of methoxy groups -OCH3 is 1. The number of benzene rings is 1. The molecule has 12 nitrogen and oxygen atoms in total. The smallest absolute Gasteiger partial charge is 0.243 e. The van der Waals surface area contributed by atoms with Gasteiger partial charge in [0.1, 0.15) is 23.4 Å². The SMILES string of the molecule is COc1ccc(C[C@H](NC(=O)[C@H](C)NC(=O)CN2CCOCC2)C(=O)N[C@@H](C[C@H]2CCOC2)C(=O)[C@@]2(C)CO2)cc1.